The van der Waals surface area contributed by atoms with Crippen molar-refractivity contribution in [3.63, 3.8) is 0 Å². The summed E-state index contributed by atoms with van der Waals surface area (Å²) in [7, 11) is 0. The van der Waals surface area contributed by atoms with Crippen molar-refractivity contribution in [1.82, 2.24) is 4.98 Å². The molecule has 0 aliphatic rings. The predicted molar refractivity (Wildman–Crippen MR) is 114 cm³/mol. The normalized spacial score (nSPS) is 12.8. The molecule has 0 saturated heterocycles. The van der Waals surface area contributed by atoms with Gasteiger partial charge < -0.3 is 4.42 Å². The van der Waals surface area contributed by atoms with E-state index in [4.69, 9.17) is 9.40 Å². The summed E-state index contributed by atoms with van der Waals surface area (Å²) in [5, 5.41) is 2.36. The van der Waals surface area contributed by atoms with Gasteiger partial charge in [0.25, 0.3) is 0 Å². The summed E-state index contributed by atoms with van der Waals surface area (Å²) in [6.07, 6.45) is 0. The van der Waals surface area contributed by atoms with Crippen LogP contribution in [0.2, 0.25) is 0 Å². The van der Waals surface area contributed by atoms with Gasteiger partial charge in [-0.2, -0.15) is 0 Å². The first-order chi connectivity index (χ1) is 12.6. The second-order valence-electron chi connectivity index (χ2n) is 9.42. The van der Waals surface area contributed by atoms with Gasteiger partial charge in [0, 0.05) is 11.1 Å². The molecule has 0 radical (unpaired) electrons. The quantitative estimate of drug-likeness (QED) is 0.359. The van der Waals surface area contributed by atoms with Crippen LogP contribution < -0.4 is 0 Å². The lowest BCUT2D eigenvalue weighted by molar-refractivity contribution is 0.552. The zero-order valence-corrected chi connectivity index (χ0v) is 17.1. The molecule has 1 aromatic heterocycles. The Labute approximate surface area is 161 Å². The van der Waals surface area contributed by atoms with Crippen LogP contribution in [0.5, 0.6) is 0 Å². The molecule has 0 N–H and O–H groups in total. The molecule has 2 nitrogen and oxygen atoms in total. The van der Waals surface area contributed by atoms with Gasteiger partial charge in [0.1, 0.15) is 5.52 Å². The van der Waals surface area contributed by atoms with Gasteiger partial charge >= 0.3 is 0 Å². The first kappa shape index (κ1) is 17.8. The minimum Gasteiger partial charge on any atom is -0.436 e. The highest BCUT2D eigenvalue weighted by Crippen LogP contribution is 2.38. The number of nitrogens with zero attached hydrogens (tertiary/aromatic N) is 1. The van der Waals surface area contributed by atoms with Crippen LogP contribution in [-0.2, 0) is 10.8 Å². The molecule has 0 bridgehead atoms. The SMILES string of the molecule is CC(C)(C)c1cc(C(C)(C)C)c2oc(-c3cccc4ccccc34)nc2c1. The molecule has 138 valence electrons. The van der Waals surface area contributed by atoms with Crippen LogP contribution in [0.25, 0.3) is 33.3 Å². The Bertz CT molecular complexity index is 1130. The Morgan fingerprint density at radius 1 is 0.778 bits per heavy atom. The van der Waals surface area contributed by atoms with Crippen molar-refractivity contribution >= 4 is 21.9 Å². The summed E-state index contributed by atoms with van der Waals surface area (Å²) in [6, 6.07) is 19.1. The molecule has 4 aromatic rings. The Balaban J connectivity index is 2.02. The van der Waals surface area contributed by atoms with E-state index in [9.17, 15) is 0 Å². The third-order valence-corrected chi connectivity index (χ3v) is 5.18. The number of aromatic nitrogens is 1. The van der Waals surface area contributed by atoms with Crippen molar-refractivity contribution in [2.75, 3.05) is 0 Å². The van der Waals surface area contributed by atoms with Crippen molar-refractivity contribution in [3.8, 4) is 11.5 Å². The molecule has 3 aromatic carbocycles. The summed E-state index contributed by atoms with van der Waals surface area (Å²) in [4.78, 5) is 4.91. The Morgan fingerprint density at radius 2 is 1.48 bits per heavy atom. The van der Waals surface area contributed by atoms with Crippen LogP contribution in [0.1, 0.15) is 52.7 Å². The molecule has 0 spiro atoms. The molecule has 0 atom stereocenters. The fourth-order valence-electron chi connectivity index (χ4n) is 3.55. The van der Waals surface area contributed by atoms with Gasteiger partial charge in [-0.3, -0.25) is 0 Å². The standard InChI is InChI=1S/C25H27NO/c1-24(2,3)17-14-20(25(4,5)6)22-21(15-17)26-23(27-22)19-13-9-11-16-10-7-8-12-18(16)19/h7-15H,1-6H3. The second-order valence-corrected chi connectivity index (χ2v) is 9.42. The van der Waals surface area contributed by atoms with Crippen LogP contribution in [0.15, 0.2) is 59.0 Å². The minimum absolute atomic E-state index is 0.0188. The lowest BCUT2D eigenvalue weighted by Gasteiger charge is -2.24. The molecule has 27 heavy (non-hydrogen) atoms. The summed E-state index contributed by atoms with van der Waals surface area (Å²) < 4.78 is 6.38. The number of hydrogen-bond acceptors (Lipinski definition) is 2. The number of benzene rings is 3. The zero-order chi connectivity index (χ0) is 19.4. The van der Waals surface area contributed by atoms with E-state index in [1.807, 2.05) is 0 Å². The van der Waals surface area contributed by atoms with Crippen LogP contribution in [-0.4, -0.2) is 4.98 Å². The molecule has 0 aliphatic heterocycles. The van der Waals surface area contributed by atoms with Gasteiger partial charge in [-0.15, -0.1) is 0 Å². The zero-order valence-electron chi connectivity index (χ0n) is 17.1. The van der Waals surface area contributed by atoms with Crippen molar-refractivity contribution < 1.29 is 4.42 Å². The smallest absolute Gasteiger partial charge is 0.227 e. The molecule has 4 rings (SSSR count). The average molecular weight is 357 g/mol. The second kappa shape index (κ2) is 5.95. The average Bonchev–Trinajstić information content (AvgIpc) is 3.02. The first-order valence-corrected chi connectivity index (χ1v) is 9.58. The van der Waals surface area contributed by atoms with E-state index in [2.05, 4.69) is 96.1 Å². The van der Waals surface area contributed by atoms with Gasteiger partial charge in [-0.05, 0) is 39.3 Å². The monoisotopic (exact) mass is 357 g/mol. The highest BCUT2D eigenvalue weighted by Gasteiger charge is 2.25. The largest absolute Gasteiger partial charge is 0.436 e. The number of oxazole rings is 1. The first-order valence-electron chi connectivity index (χ1n) is 9.58. The van der Waals surface area contributed by atoms with Crippen LogP contribution in [0.4, 0.5) is 0 Å². The molecule has 0 unspecified atom stereocenters. The Hall–Kier alpha value is -2.61. The van der Waals surface area contributed by atoms with Gasteiger partial charge in [0.05, 0.1) is 0 Å². The van der Waals surface area contributed by atoms with Crippen molar-refractivity contribution in [3.05, 3.63) is 65.7 Å². The Kier molecular flexibility index (Phi) is 3.92. The number of fused-ring (bicyclic) bond motifs is 2. The van der Waals surface area contributed by atoms with Gasteiger partial charge in [0.15, 0.2) is 5.58 Å². The molecule has 1 heterocycles. The van der Waals surface area contributed by atoms with Crippen molar-refractivity contribution in [2.24, 2.45) is 0 Å². The van der Waals surface area contributed by atoms with E-state index in [1.54, 1.807) is 0 Å². The van der Waals surface area contributed by atoms with Gasteiger partial charge in [-0.1, -0.05) is 84.0 Å². The van der Waals surface area contributed by atoms with E-state index in [1.165, 1.54) is 21.9 Å². The number of rotatable bonds is 1. The van der Waals surface area contributed by atoms with E-state index in [0.717, 1.165) is 16.7 Å². The van der Waals surface area contributed by atoms with Gasteiger partial charge in [0.2, 0.25) is 5.89 Å². The third kappa shape index (κ3) is 3.14. The van der Waals surface area contributed by atoms with Crippen molar-refractivity contribution in [1.29, 1.82) is 0 Å². The number of hydrogen-bond donors (Lipinski definition) is 0. The summed E-state index contributed by atoms with van der Waals surface area (Å²) >= 11 is 0. The van der Waals surface area contributed by atoms with Crippen LogP contribution in [0.3, 0.4) is 0 Å². The van der Waals surface area contributed by atoms with E-state index >= 15 is 0 Å². The molecule has 2 heteroatoms. The lowest BCUT2D eigenvalue weighted by Crippen LogP contribution is -2.16. The lowest BCUT2D eigenvalue weighted by atomic mass is 9.80. The molecular formula is C25H27NO. The molecular weight excluding hydrogens is 330 g/mol. The molecule has 0 saturated carbocycles. The minimum atomic E-state index is -0.0188. The van der Waals surface area contributed by atoms with Crippen molar-refractivity contribution in [2.45, 2.75) is 52.4 Å². The van der Waals surface area contributed by atoms with E-state index in [-0.39, 0.29) is 10.8 Å². The fraction of sp³-hybridized carbons (Fsp3) is 0.320. The maximum Gasteiger partial charge on any atom is 0.227 e. The maximum absolute atomic E-state index is 6.38. The van der Waals surface area contributed by atoms with E-state index < -0.39 is 0 Å². The van der Waals surface area contributed by atoms with Crippen LogP contribution >= 0.6 is 0 Å². The topological polar surface area (TPSA) is 26.0 Å². The molecule has 0 amide bonds. The summed E-state index contributed by atoms with van der Waals surface area (Å²) in [5.74, 6) is 0.693. The Morgan fingerprint density at radius 3 is 2.19 bits per heavy atom. The fourth-order valence-corrected chi connectivity index (χ4v) is 3.55. The molecule has 0 aliphatic carbocycles. The highest BCUT2D eigenvalue weighted by molar-refractivity contribution is 5.96. The van der Waals surface area contributed by atoms with E-state index in [0.29, 0.717) is 5.89 Å². The summed E-state index contributed by atoms with van der Waals surface area (Å²) in [6.45, 7) is 13.4. The highest BCUT2D eigenvalue weighted by atomic mass is 16.3. The van der Waals surface area contributed by atoms with Crippen LogP contribution in [0, 0.1) is 0 Å². The maximum atomic E-state index is 6.38. The molecule has 0 fully saturated rings. The third-order valence-electron chi connectivity index (χ3n) is 5.18. The van der Waals surface area contributed by atoms with Gasteiger partial charge in [-0.25, -0.2) is 4.98 Å². The predicted octanol–water partition coefficient (Wildman–Crippen LogP) is 7.24. The summed E-state index contributed by atoms with van der Waals surface area (Å²) in [5.41, 5.74) is 5.43.